The zero-order valence-electron chi connectivity index (χ0n) is 8.44. The molecule has 1 aromatic rings. The van der Waals surface area contributed by atoms with E-state index in [1.807, 2.05) is 18.8 Å². The van der Waals surface area contributed by atoms with E-state index in [1.54, 1.807) is 0 Å². The molecule has 1 saturated heterocycles. The number of aliphatic hydroxyl groups excluding tert-OH is 1. The standard InChI is InChI=1S/C9H13ClN2OS2/c1-12(6-2-3-14-5-6)9-11-8(10)7(4-13)15-9/h6,13H,2-5H2,1H3. The van der Waals surface area contributed by atoms with Gasteiger partial charge in [0.1, 0.15) is 5.15 Å². The lowest BCUT2D eigenvalue weighted by molar-refractivity contribution is 0.285. The summed E-state index contributed by atoms with van der Waals surface area (Å²) in [5.74, 6) is 2.38. The second-order valence-corrected chi connectivity index (χ2v) is 6.07. The minimum Gasteiger partial charge on any atom is -0.391 e. The fourth-order valence-corrected chi connectivity index (χ4v) is 3.97. The third kappa shape index (κ3) is 2.41. The van der Waals surface area contributed by atoms with E-state index in [0.717, 1.165) is 15.8 Å². The van der Waals surface area contributed by atoms with Crippen LogP contribution in [-0.4, -0.2) is 34.7 Å². The van der Waals surface area contributed by atoms with Crippen LogP contribution in [0.25, 0.3) is 0 Å². The second-order valence-electron chi connectivity index (χ2n) is 3.50. The summed E-state index contributed by atoms with van der Waals surface area (Å²) in [4.78, 5) is 7.20. The van der Waals surface area contributed by atoms with E-state index < -0.39 is 0 Å². The van der Waals surface area contributed by atoms with Crippen LogP contribution >= 0.6 is 34.7 Å². The van der Waals surface area contributed by atoms with Gasteiger partial charge in [0.25, 0.3) is 0 Å². The zero-order valence-corrected chi connectivity index (χ0v) is 10.8. The zero-order chi connectivity index (χ0) is 10.8. The molecule has 0 aromatic carbocycles. The highest BCUT2D eigenvalue weighted by Gasteiger charge is 2.23. The summed E-state index contributed by atoms with van der Waals surface area (Å²) in [6, 6.07) is 0.559. The summed E-state index contributed by atoms with van der Waals surface area (Å²) in [5, 5.41) is 10.4. The maximum Gasteiger partial charge on any atom is 0.187 e. The van der Waals surface area contributed by atoms with E-state index in [2.05, 4.69) is 9.88 Å². The SMILES string of the molecule is CN(c1nc(Cl)c(CO)s1)C1CCSC1. The Kier molecular flexibility index (Phi) is 3.77. The van der Waals surface area contributed by atoms with Crippen molar-refractivity contribution in [2.24, 2.45) is 0 Å². The number of aromatic nitrogens is 1. The van der Waals surface area contributed by atoms with Crippen molar-refractivity contribution in [3.8, 4) is 0 Å². The molecule has 6 heteroatoms. The highest BCUT2D eigenvalue weighted by atomic mass is 35.5. The first-order valence-electron chi connectivity index (χ1n) is 4.79. The third-order valence-corrected chi connectivity index (χ3v) is 5.24. The molecule has 84 valence electrons. The number of anilines is 1. The molecule has 1 aromatic heterocycles. The molecule has 15 heavy (non-hydrogen) atoms. The summed E-state index contributed by atoms with van der Waals surface area (Å²) in [7, 11) is 2.05. The smallest absolute Gasteiger partial charge is 0.187 e. The number of thiazole rings is 1. The fraction of sp³-hybridized carbons (Fsp3) is 0.667. The third-order valence-electron chi connectivity index (χ3n) is 2.54. The van der Waals surface area contributed by atoms with E-state index in [0.29, 0.717) is 11.2 Å². The maximum absolute atomic E-state index is 9.04. The van der Waals surface area contributed by atoms with Crippen molar-refractivity contribution in [1.82, 2.24) is 4.98 Å². The molecule has 0 aliphatic carbocycles. The average Bonchev–Trinajstić information content (AvgIpc) is 2.85. The van der Waals surface area contributed by atoms with E-state index >= 15 is 0 Å². The van der Waals surface area contributed by atoms with Gasteiger partial charge in [-0.1, -0.05) is 22.9 Å². The summed E-state index contributed by atoms with van der Waals surface area (Å²) in [6.07, 6.45) is 1.20. The molecular formula is C9H13ClN2OS2. The van der Waals surface area contributed by atoms with Crippen molar-refractivity contribution in [1.29, 1.82) is 0 Å². The molecule has 1 aliphatic heterocycles. The number of hydrogen-bond donors (Lipinski definition) is 1. The molecule has 3 nitrogen and oxygen atoms in total. The first kappa shape index (κ1) is 11.5. The molecular weight excluding hydrogens is 252 g/mol. The fourth-order valence-electron chi connectivity index (χ4n) is 1.55. The maximum atomic E-state index is 9.04. The van der Waals surface area contributed by atoms with Gasteiger partial charge in [-0.15, -0.1) is 0 Å². The molecule has 2 heterocycles. The van der Waals surface area contributed by atoms with Crippen LogP contribution in [0.15, 0.2) is 0 Å². The molecule has 1 N–H and O–H groups in total. The number of halogens is 1. The van der Waals surface area contributed by atoms with Gasteiger partial charge in [-0.3, -0.25) is 0 Å². The van der Waals surface area contributed by atoms with Gasteiger partial charge in [-0.05, 0) is 12.2 Å². The normalized spacial score (nSPS) is 20.9. The van der Waals surface area contributed by atoms with Crippen LogP contribution in [0.4, 0.5) is 5.13 Å². The molecule has 1 unspecified atom stereocenters. The summed E-state index contributed by atoms with van der Waals surface area (Å²) in [5.41, 5.74) is 0. The molecule has 0 bridgehead atoms. The van der Waals surface area contributed by atoms with Gasteiger partial charge in [-0.2, -0.15) is 11.8 Å². The van der Waals surface area contributed by atoms with Gasteiger partial charge >= 0.3 is 0 Å². The van der Waals surface area contributed by atoms with E-state index in [1.165, 1.54) is 23.5 Å². The molecule has 0 saturated carbocycles. The van der Waals surface area contributed by atoms with Crippen LogP contribution < -0.4 is 4.90 Å². The van der Waals surface area contributed by atoms with Crippen molar-refractivity contribution >= 4 is 39.8 Å². The van der Waals surface area contributed by atoms with Crippen LogP contribution in [0, 0.1) is 0 Å². The van der Waals surface area contributed by atoms with Crippen LogP contribution in [-0.2, 0) is 6.61 Å². The number of hydrogen-bond acceptors (Lipinski definition) is 5. The first-order valence-corrected chi connectivity index (χ1v) is 7.14. The lowest BCUT2D eigenvalue weighted by Gasteiger charge is -2.22. The Morgan fingerprint density at radius 3 is 3.00 bits per heavy atom. The summed E-state index contributed by atoms with van der Waals surface area (Å²) < 4.78 is 0. The Morgan fingerprint density at radius 2 is 2.47 bits per heavy atom. The number of rotatable bonds is 3. The Morgan fingerprint density at radius 1 is 1.67 bits per heavy atom. The van der Waals surface area contributed by atoms with Crippen molar-refractivity contribution < 1.29 is 5.11 Å². The van der Waals surface area contributed by atoms with Crippen LogP contribution in [0.3, 0.4) is 0 Å². The lowest BCUT2D eigenvalue weighted by atomic mass is 10.2. The quantitative estimate of drug-likeness (QED) is 0.908. The Bertz CT molecular complexity index is 339. The highest BCUT2D eigenvalue weighted by Crippen LogP contribution is 2.32. The number of aliphatic hydroxyl groups is 1. The average molecular weight is 265 g/mol. The predicted octanol–water partition coefficient (Wildman–Crippen LogP) is 2.23. The van der Waals surface area contributed by atoms with Crippen molar-refractivity contribution in [3.63, 3.8) is 0 Å². The molecule has 0 amide bonds. The topological polar surface area (TPSA) is 36.4 Å². The van der Waals surface area contributed by atoms with Gasteiger partial charge in [0.05, 0.1) is 11.5 Å². The highest BCUT2D eigenvalue weighted by molar-refractivity contribution is 7.99. The monoisotopic (exact) mass is 264 g/mol. The van der Waals surface area contributed by atoms with E-state index in [9.17, 15) is 0 Å². The van der Waals surface area contributed by atoms with Crippen molar-refractivity contribution in [2.75, 3.05) is 23.5 Å². The van der Waals surface area contributed by atoms with Crippen LogP contribution in [0.1, 0.15) is 11.3 Å². The molecule has 0 radical (unpaired) electrons. The number of nitrogens with zero attached hydrogens (tertiary/aromatic N) is 2. The molecule has 1 aliphatic rings. The molecule has 2 rings (SSSR count). The Balaban J connectivity index is 2.13. The van der Waals surface area contributed by atoms with Gasteiger partial charge in [0, 0.05) is 18.8 Å². The van der Waals surface area contributed by atoms with Crippen molar-refractivity contribution in [2.45, 2.75) is 19.1 Å². The Hall–Kier alpha value is 0.0300. The molecule has 0 spiro atoms. The van der Waals surface area contributed by atoms with Gasteiger partial charge in [0.15, 0.2) is 5.13 Å². The number of thioether (sulfide) groups is 1. The van der Waals surface area contributed by atoms with E-state index in [-0.39, 0.29) is 6.61 Å². The predicted molar refractivity (Wildman–Crippen MR) is 67.2 cm³/mol. The first-order chi connectivity index (χ1) is 7.22. The van der Waals surface area contributed by atoms with Gasteiger partial charge in [0.2, 0.25) is 0 Å². The van der Waals surface area contributed by atoms with Gasteiger partial charge in [-0.25, -0.2) is 4.98 Å². The van der Waals surface area contributed by atoms with Crippen LogP contribution in [0.2, 0.25) is 5.15 Å². The summed E-state index contributed by atoms with van der Waals surface area (Å²) in [6.45, 7) is -0.0241. The van der Waals surface area contributed by atoms with Crippen molar-refractivity contribution in [3.05, 3.63) is 10.0 Å². The largest absolute Gasteiger partial charge is 0.391 e. The van der Waals surface area contributed by atoms with E-state index in [4.69, 9.17) is 16.7 Å². The Labute approximate surface area is 102 Å². The second kappa shape index (κ2) is 4.91. The minimum atomic E-state index is -0.0241. The lowest BCUT2D eigenvalue weighted by Crippen LogP contribution is -2.31. The summed E-state index contributed by atoms with van der Waals surface area (Å²) >= 11 is 9.36. The molecule has 1 atom stereocenters. The van der Waals surface area contributed by atoms with Crippen LogP contribution in [0.5, 0.6) is 0 Å². The molecule has 1 fully saturated rings. The van der Waals surface area contributed by atoms with Gasteiger partial charge < -0.3 is 10.0 Å². The minimum absolute atomic E-state index is 0.0241.